The molecule has 32 nitrogen and oxygen atoms in total. The highest BCUT2D eigenvalue weighted by Crippen LogP contribution is 2.35. The number of carboxylic acid groups (broad SMARTS) is 2. The van der Waals surface area contributed by atoms with Crippen LogP contribution in [0.15, 0.2) is 11.8 Å². The molecule has 0 aromatic carbocycles. The van der Waals surface area contributed by atoms with Gasteiger partial charge in [-0.05, 0) is 6.08 Å². The molecule has 352 valence electrons. The Hall–Kier alpha value is -2.96. The maximum atomic E-state index is 12.5. The van der Waals surface area contributed by atoms with Crippen LogP contribution in [0.3, 0.4) is 0 Å². The van der Waals surface area contributed by atoms with E-state index in [0.29, 0.717) is 6.08 Å². The fraction of sp³-hybridized carbons (Fsp3) is 0.808. The van der Waals surface area contributed by atoms with Gasteiger partial charge in [-0.25, -0.2) is 18.0 Å². The molecule has 0 bridgehead atoms. The minimum absolute atomic E-state index is 0.561. The number of carbonyl (C=O) groups is 3. The van der Waals surface area contributed by atoms with Crippen LogP contribution in [-0.2, 0) is 87.0 Å². The van der Waals surface area contributed by atoms with E-state index < -0.39 is 178 Å². The Kier molecular flexibility index (Phi) is 16.5. The van der Waals surface area contributed by atoms with E-state index in [1.807, 2.05) is 0 Å². The summed E-state index contributed by atoms with van der Waals surface area (Å²) in [6.07, 6.45) is -36.7. The monoisotopic (exact) mass is 956 g/mol. The summed E-state index contributed by atoms with van der Waals surface area (Å²) in [7, 11) is -16.4. The first-order chi connectivity index (χ1) is 28.0. The number of carboxylic acids is 2. The van der Waals surface area contributed by atoms with Gasteiger partial charge in [0.05, 0.1) is 13.2 Å². The van der Waals surface area contributed by atoms with Crippen molar-refractivity contribution in [3.05, 3.63) is 11.8 Å². The van der Waals surface area contributed by atoms with Gasteiger partial charge in [0.15, 0.2) is 25.0 Å². The molecule has 0 aromatic rings. The third-order valence-corrected chi connectivity index (χ3v) is 10.3. The number of aliphatic hydroxyl groups excluding tert-OH is 7. The summed E-state index contributed by atoms with van der Waals surface area (Å²) in [5.74, 6) is -5.86. The van der Waals surface area contributed by atoms with Crippen LogP contribution >= 0.6 is 0 Å². The lowest BCUT2D eigenvalue weighted by Crippen LogP contribution is -2.70. The summed E-state index contributed by atoms with van der Waals surface area (Å²) in [6.45, 7) is -1.78. The molecule has 0 aliphatic carbocycles. The number of aliphatic hydroxyl groups is 7. The van der Waals surface area contributed by atoms with Gasteiger partial charge in [-0.15, -0.1) is 0 Å². The van der Waals surface area contributed by atoms with Gasteiger partial charge < -0.3 is 84.4 Å². The zero-order valence-corrected chi connectivity index (χ0v) is 32.8. The zero-order valence-electron chi connectivity index (χ0n) is 30.3. The molecular weight excluding hydrogens is 916 g/mol. The first-order valence-electron chi connectivity index (χ1n) is 16.8. The summed E-state index contributed by atoms with van der Waals surface area (Å²) in [4.78, 5) is 36.3. The van der Waals surface area contributed by atoms with Gasteiger partial charge in [0.2, 0.25) is 18.0 Å². The summed E-state index contributed by atoms with van der Waals surface area (Å²) < 4.78 is 145. The quantitative estimate of drug-likeness (QED) is 0.0602. The average Bonchev–Trinajstić information content (AvgIpc) is 3.12. The van der Waals surface area contributed by atoms with Gasteiger partial charge in [0.25, 0.3) is 0 Å². The minimum Gasteiger partial charge on any atom is -0.479 e. The Morgan fingerprint density at radius 1 is 0.705 bits per heavy atom. The lowest BCUT2D eigenvalue weighted by atomic mass is 9.94. The number of hydrogen-bond donors (Lipinski definition) is 14. The molecule has 0 spiro atoms. The topological polar surface area (TPSA) is 504 Å². The number of ether oxygens (including phenoxy) is 7. The highest BCUT2D eigenvalue weighted by atomic mass is 32.3. The molecule has 1 amide bonds. The van der Waals surface area contributed by atoms with Crippen LogP contribution in [-0.4, -0.2) is 226 Å². The zero-order chi connectivity index (χ0) is 46.1. The van der Waals surface area contributed by atoms with E-state index >= 15 is 0 Å². The van der Waals surface area contributed by atoms with Crippen molar-refractivity contribution in [2.75, 3.05) is 13.2 Å². The summed E-state index contributed by atoms with van der Waals surface area (Å²) >= 11 is 0. The van der Waals surface area contributed by atoms with E-state index in [1.165, 1.54) is 4.72 Å². The first kappa shape index (κ1) is 50.7. The van der Waals surface area contributed by atoms with Crippen molar-refractivity contribution in [2.45, 2.75) is 117 Å². The van der Waals surface area contributed by atoms with Crippen LogP contribution in [0.1, 0.15) is 6.92 Å². The maximum absolute atomic E-state index is 12.5. The second-order valence-corrected chi connectivity index (χ2v) is 16.5. The predicted octanol–water partition coefficient (Wildman–Crippen LogP) is -9.21. The Balaban J connectivity index is 1.67. The van der Waals surface area contributed by atoms with Crippen LogP contribution in [0.2, 0.25) is 0 Å². The van der Waals surface area contributed by atoms with Gasteiger partial charge in [0, 0.05) is 6.92 Å². The van der Waals surface area contributed by atoms with Gasteiger partial charge in [-0.3, -0.25) is 18.5 Å². The molecule has 0 aromatic heterocycles. The largest absolute Gasteiger partial charge is 0.479 e. The molecule has 4 aliphatic rings. The van der Waals surface area contributed by atoms with Crippen molar-refractivity contribution < 1.29 is 141 Å². The van der Waals surface area contributed by atoms with Gasteiger partial charge >= 0.3 is 43.0 Å². The second-order valence-electron chi connectivity index (χ2n) is 13.2. The van der Waals surface area contributed by atoms with E-state index in [4.69, 9.17) is 33.2 Å². The molecule has 1 unspecified atom stereocenters. The van der Waals surface area contributed by atoms with Crippen molar-refractivity contribution in [2.24, 2.45) is 0 Å². The third-order valence-electron chi connectivity index (χ3n) is 8.85. The number of aliphatic carboxylic acids is 2. The van der Waals surface area contributed by atoms with Crippen molar-refractivity contribution in [3.8, 4) is 0 Å². The van der Waals surface area contributed by atoms with E-state index in [-0.39, 0.29) is 0 Å². The van der Waals surface area contributed by atoms with Gasteiger partial charge in [-0.2, -0.15) is 30.0 Å². The van der Waals surface area contributed by atoms with Gasteiger partial charge in [0.1, 0.15) is 79.2 Å². The van der Waals surface area contributed by atoms with Crippen LogP contribution in [0.25, 0.3) is 0 Å². The molecule has 4 aliphatic heterocycles. The van der Waals surface area contributed by atoms with Crippen molar-refractivity contribution >= 4 is 48.9 Å². The third kappa shape index (κ3) is 13.1. The van der Waals surface area contributed by atoms with E-state index in [2.05, 4.69) is 13.7 Å². The Labute approximate surface area is 341 Å². The normalized spacial score (nSPS) is 40.0. The molecule has 4 heterocycles. The van der Waals surface area contributed by atoms with Crippen molar-refractivity contribution in [1.82, 2.24) is 10.0 Å². The molecule has 61 heavy (non-hydrogen) atoms. The summed E-state index contributed by atoms with van der Waals surface area (Å²) in [6, 6.07) is -4.46. The molecule has 14 N–H and O–H groups in total. The number of rotatable bonds is 17. The molecule has 3 saturated heterocycles. The van der Waals surface area contributed by atoms with Crippen molar-refractivity contribution in [3.63, 3.8) is 0 Å². The number of carbonyl (C=O) groups excluding carboxylic acids is 1. The molecular formula is C26H40N2O30S3. The summed E-state index contributed by atoms with van der Waals surface area (Å²) in [5.41, 5.74) is 0. The fourth-order valence-electron chi connectivity index (χ4n) is 6.31. The molecule has 0 saturated carbocycles. The lowest BCUT2D eigenvalue weighted by Gasteiger charge is -2.49. The number of hydrogen-bond acceptors (Lipinski definition) is 25. The van der Waals surface area contributed by atoms with Crippen LogP contribution in [0.5, 0.6) is 0 Å². The standard InChI is InChI=1S/C26H40N2O30S3/c1-5(30)27-10-13(33)16(54-25-12(32)6(31)2-7(52-25)21(36)37)9(4-50-60(44,45)46)53-24(10)56-19-14(34)15(35)26(57-20(19)22(38)39)55-17-8(3-29)51-23(40)11(28-59(41,42)43)18(17)58-61(47,48)49/h2,6,8-20,23-26,28-29,31-35,40H,3-4H2,1H3,(H,27,30)(H,36,37)(H,38,39)(H,41,42,43)(H,44,45,46)(H,47,48,49)/t6-,8+,9+,10+,11+,12+,13+,14+,15+,16+,17+,18+,19-,20-,23?,24+,25-,26+/m0/s1. The Bertz CT molecular complexity index is 1950. The average molecular weight is 957 g/mol. The SMILES string of the molecule is CC(=O)N[C@H]1[C@@H](O[C@H]2[C@H](O)[C@@H](O)[C@H](O[C@H]3[C@H](OS(=O)(=O)O)[C@@H](NS(=O)(=O)O)C(O)O[C@@H]3CO)O[C@@H]2C(=O)O)O[C@H](COS(=O)(=O)O)[C@@H](O[C@@H]2OC(C(=O)O)=C[C@H](O)[C@H]2O)[C@@H]1O. The van der Waals surface area contributed by atoms with Crippen molar-refractivity contribution in [1.29, 1.82) is 0 Å². The molecule has 4 rings (SSSR count). The maximum Gasteiger partial charge on any atom is 0.397 e. The summed E-state index contributed by atoms with van der Waals surface area (Å²) in [5, 5.41) is 96.1. The Morgan fingerprint density at radius 2 is 1.31 bits per heavy atom. The highest BCUT2D eigenvalue weighted by molar-refractivity contribution is 7.83. The molecule has 3 fully saturated rings. The van der Waals surface area contributed by atoms with E-state index in [1.54, 1.807) is 0 Å². The van der Waals surface area contributed by atoms with Gasteiger partial charge in [-0.1, -0.05) is 0 Å². The molecule has 18 atom stereocenters. The first-order valence-corrected chi connectivity index (χ1v) is 20.9. The van der Waals surface area contributed by atoms with E-state index in [0.717, 1.165) is 6.92 Å². The molecule has 0 radical (unpaired) electrons. The Morgan fingerprint density at radius 3 is 1.84 bits per heavy atom. The second kappa shape index (κ2) is 19.8. The highest BCUT2D eigenvalue weighted by Gasteiger charge is 2.57. The van der Waals surface area contributed by atoms with Crippen LogP contribution in [0.4, 0.5) is 0 Å². The minimum atomic E-state index is -5.67. The van der Waals surface area contributed by atoms with Crippen LogP contribution in [0, 0.1) is 0 Å². The predicted molar refractivity (Wildman–Crippen MR) is 178 cm³/mol. The van der Waals surface area contributed by atoms with E-state index in [9.17, 15) is 99.3 Å². The number of amides is 1. The molecule has 35 heteroatoms. The smallest absolute Gasteiger partial charge is 0.397 e. The number of nitrogens with one attached hydrogen (secondary N) is 2. The fourth-order valence-corrected chi connectivity index (χ4v) is 7.72. The van der Waals surface area contributed by atoms with Crippen LogP contribution < -0.4 is 10.0 Å². The lowest BCUT2D eigenvalue weighted by molar-refractivity contribution is -0.364.